The highest BCUT2D eigenvalue weighted by Crippen LogP contribution is 2.25. The monoisotopic (exact) mass is 449 g/mol. The molecule has 0 fully saturated rings. The minimum atomic E-state index is -0.477. The Bertz CT molecular complexity index is 1210. The van der Waals surface area contributed by atoms with Gasteiger partial charge in [0.15, 0.2) is 5.82 Å². The van der Waals surface area contributed by atoms with E-state index in [2.05, 4.69) is 20.7 Å². The van der Waals surface area contributed by atoms with Gasteiger partial charge in [-0.25, -0.2) is 14.1 Å². The number of nitrogens with one attached hydrogen (secondary N) is 2. The molecule has 0 unspecified atom stereocenters. The van der Waals surface area contributed by atoms with Crippen molar-refractivity contribution in [1.82, 2.24) is 25.4 Å². The van der Waals surface area contributed by atoms with E-state index in [0.29, 0.717) is 11.5 Å². The van der Waals surface area contributed by atoms with Crippen LogP contribution in [0.5, 0.6) is 0 Å². The molecule has 0 radical (unpaired) electrons. The number of rotatable bonds is 8. The molecule has 2 aromatic heterocycles. The summed E-state index contributed by atoms with van der Waals surface area (Å²) in [6.07, 6.45) is 0.276. The summed E-state index contributed by atoms with van der Waals surface area (Å²) < 4.78 is 15.2. The lowest BCUT2D eigenvalue weighted by Crippen LogP contribution is -2.35. The fourth-order valence-electron chi connectivity index (χ4n) is 3.06. The van der Waals surface area contributed by atoms with E-state index in [9.17, 15) is 14.0 Å². The SMILES string of the molecule is O=C(Cc1ccccc1)NCCNC(=O)c1nc(-c2cccs2)n(-c2cccc(F)c2)n1. The third-order valence-corrected chi connectivity index (χ3v) is 5.41. The Morgan fingerprint density at radius 2 is 1.78 bits per heavy atom. The zero-order valence-electron chi connectivity index (χ0n) is 17.0. The number of amides is 2. The fourth-order valence-corrected chi connectivity index (χ4v) is 3.76. The van der Waals surface area contributed by atoms with Gasteiger partial charge in [0.05, 0.1) is 17.0 Å². The zero-order chi connectivity index (χ0) is 22.3. The highest BCUT2D eigenvalue weighted by Gasteiger charge is 2.19. The van der Waals surface area contributed by atoms with Crippen molar-refractivity contribution in [3.05, 3.63) is 89.3 Å². The highest BCUT2D eigenvalue weighted by atomic mass is 32.1. The van der Waals surface area contributed by atoms with Crippen LogP contribution in [0, 0.1) is 5.82 Å². The first kappa shape index (κ1) is 21.4. The van der Waals surface area contributed by atoms with Crippen LogP contribution in [-0.4, -0.2) is 39.7 Å². The summed E-state index contributed by atoms with van der Waals surface area (Å²) in [6, 6.07) is 19.1. The molecule has 0 aliphatic carbocycles. The van der Waals surface area contributed by atoms with E-state index < -0.39 is 11.7 Å². The number of carbonyl (C=O) groups excluding carboxylic acids is 2. The van der Waals surface area contributed by atoms with Crippen molar-refractivity contribution in [2.45, 2.75) is 6.42 Å². The van der Waals surface area contributed by atoms with Gasteiger partial charge in [0.1, 0.15) is 5.82 Å². The van der Waals surface area contributed by atoms with Crippen LogP contribution in [0.25, 0.3) is 16.4 Å². The number of hydrogen-bond acceptors (Lipinski definition) is 5. The molecule has 2 heterocycles. The molecule has 0 aliphatic rings. The Hall–Kier alpha value is -3.85. The van der Waals surface area contributed by atoms with Gasteiger partial charge in [0, 0.05) is 13.1 Å². The van der Waals surface area contributed by atoms with Gasteiger partial charge in [-0.05, 0) is 35.2 Å². The summed E-state index contributed by atoms with van der Waals surface area (Å²) in [5.74, 6) is -0.596. The van der Waals surface area contributed by atoms with Crippen LogP contribution >= 0.6 is 11.3 Å². The number of hydrogen-bond donors (Lipinski definition) is 2. The minimum Gasteiger partial charge on any atom is -0.354 e. The van der Waals surface area contributed by atoms with Gasteiger partial charge in [-0.3, -0.25) is 9.59 Å². The summed E-state index contributed by atoms with van der Waals surface area (Å²) >= 11 is 1.44. The van der Waals surface area contributed by atoms with E-state index in [1.165, 1.54) is 28.2 Å². The van der Waals surface area contributed by atoms with Crippen molar-refractivity contribution < 1.29 is 14.0 Å². The maximum absolute atomic E-state index is 13.7. The van der Waals surface area contributed by atoms with Crippen molar-refractivity contribution in [3.63, 3.8) is 0 Å². The van der Waals surface area contributed by atoms with Gasteiger partial charge in [-0.1, -0.05) is 42.5 Å². The predicted molar refractivity (Wildman–Crippen MR) is 120 cm³/mol. The van der Waals surface area contributed by atoms with Crippen LogP contribution in [-0.2, 0) is 11.2 Å². The number of halogens is 1. The summed E-state index contributed by atoms with van der Waals surface area (Å²) in [6.45, 7) is 0.502. The second-order valence-corrected chi connectivity index (χ2v) is 7.84. The molecule has 2 N–H and O–H groups in total. The van der Waals surface area contributed by atoms with Gasteiger partial charge >= 0.3 is 0 Å². The summed E-state index contributed by atoms with van der Waals surface area (Å²) in [4.78, 5) is 29.8. The molecule has 4 aromatic rings. The first-order valence-electron chi connectivity index (χ1n) is 9.96. The van der Waals surface area contributed by atoms with Crippen molar-refractivity contribution in [2.24, 2.45) is 0 Å². The molecule has 4 rings (SSSR count). The Balaban J connectivity index is 1.39. The van der Waals surface area contributed by atoms with E-state index in [1.54, 1.807) is 12.1 Å². The van der Waals surface area contributed by atoms with Gasteiger partial charge in [-0.2, -0.15) is 0 Å². The average Bonchev–Trinajstić information content (AvgIpc) is 3.47. The van der Waals surface area contributed by atoms with Gasteiger partial charge in [-0.15, -0.1) is 16.4 Å². The van der Waals surface area contributed by atoms with Gasteiger partial charge < -0.3 is 10.6 Å². The molecule has 0 aliphatic heterocycles. The van der Waals surface area contributed by atoms with Crippen molar-refractivity contribution >= 4 is 23.2 Å². The molecule has 0 atom stereocenters. The van der Waals surface area contributed by atoms with Gasteiger partial charge in [0.25, 0.3) is 5.91 Å². The Morgan fingerprint density at radius 1 is 0.969 bits per heavy atom. The molecular weight excluding hydrogens is 429 g/mol. The number of benzene rings is 2. The third-order valence-electron chi connectivity index (χ3n) is 4.54. The Kier molecular flexibility index (Phi) is 6.66. The van der Waals surface area contributed by atoms with Crippen LogP contribution < -0.4 is 10.6 Å². The van der Waals surface area contributed by atoms with Gasteiger partial charge in [0.2, 0.25) is 11.7 Å². The molecule has 2 aromatic carbocycles. The molecule has 0 spiro atoms. The Morgan fingerprint density at radius 3 is 2.53 bits per heavy atom. The third kappa shape index (κ3) is 5.25. The van der Waals surface area contributed by atoms with E-state index in [0.717, 1.165) is 10.4 Å². The first-order valence-corrected chi connectivity index (χ1v) is 10.8. The van der Waals surface area contributed by atoms with Crippen molar-refractivity contribution in [2.75, 3.05) is 13.1 Å². The van der Waals surface area contributed by atoms with E-state index in [4.69, 9.17) is 0 Å². The van der Waals surface area contributed by atoms with Crippen LogP contribution in [0.3, 0.4) is 0 Å². The summed E-state index contributed by atoms with van der Waals surface area (Å²) in [7, 11) is 0. The molecule has 0 saturated heterocycles. The Labute approximate surface area is 187 Å². The van der Waals surface area contributed by atoms with Crippen LogP contribution in [0.4, 0.5) is 4.39 Å². The number of thiophene rings is 1. The van der Waals surface area contributed by atoms with E-state index in [1.807, 2.05) is 47.8 Å². The average molecular weight is 450 g/mol. The number of carbonyl (C=O) groups is 2. The largest absolute Gasteiger partial charge is 0.354 e. The lowest BCUT2D eigenvalue weighted by Gasteiger charge is -2.06. The lowest BCUT2D eigenvalue weighted by molar-refractivity contribution is -0.120. The standard InChI is InChI=1S/C23H20FN5O2S/c24-17-8-4-9-18(15-17)29-22(19-10-5-13-32-19)27-21(28-29)23(31)26-12-11-25-20(30)14-16-6-2-1-3-7-16/h1-10,13,15H,11-12,14H2,(H,25,30)(H,26,31). The fraction of sp³-hybridized carbons (Fsp3) is 0.130. The molecule has 0 saturated carbocycles. The van der Waals surface area contributed by atoms with Crippen LogP contribution in [0.2, 0.25) is 0 Å². The zero-order valence-corrected chi connectivity index (χ0v) is 17.8. The second kappa shape index (κ2) is 9.97. The quantitative estimate of drug-likeness (QED) is 0.404. The predicted octanol–water partition coefficient (Wildman–Crippen LogP) is 3.22. The van der Waals surface area contributed by atoms with Crippen LogP contribution in [0.15, 0.2) is 72.1 Å². The molecule has 9 heteroatoms. The summed E-state index contributed by atoms with van der Waals surface area (Å²) in [5.41, 5.74) is 1.38. The maximum Gasteiger partial charge on any atom is 0.291 e. The molecular formula is C23H20FN5O2S. The maximum atomic E-state index is 13.7. The molecule has 32 heavy (non-hydrogen) atoms. The normalized spacial score (nSPS) is 10.7. The smallest absolute Gasteiger partial charge is 0.291 e. The highest BCUT2D eigenvalue weighted by molar-refractivity contribution is 7.13. The lowest BCUT2D eigenvalue weighted by atomic mass is 10.1. The number of nitrogens with zero attached hydrogens (tertiary/aromatic N) is 3. The molecule has 2 amide bonds. The molecule has 162 valence electrons. The topological polar surface area (TPSA) is 88.9 Å². The van der Waals surface area contributed by atoms with Crippen LogP contribution in [0.1, 0.15) is 16.2 Å². The molecule has 7 nitrogen and oxygen atoms in total. The second-order valence-electron chi connectivity index (χ2n) is 6.90. The van der Waals surface area contributed by atoms with E-state index in [-0.39, 0.29) is 31.2 Å². The first-order chi connectivity index (χ1) is 15.6. The van der Waals surface area contributed by atoms with Crippen molar-refractivity contribution in [1.29, 1.82) is 0 Å². The molecule has 0 bridgehead atoms. The summed E-state index contributed by atoms with van der Waals surface area (Å²) in [5, 5.41) is 11.7. The van der Waals surface area contributed by atoms with Crippen molar-refractivity contribution in [3.8, 4) is 16.4 Å². The minimum absolute atomic E-state index is 0.0340. The van der Waals surface area contributed by atoms with E-state index >= 15 is 0 Å². The number of aromatic nitrogens is 3.